The number of hydrogen-bond donors (Lipinski definition) is 2. The summed E-state index contributed by atoms with van der Waals surface area (Å²) >= 11 is 0. The fourth-order valence-electron chi connectivity index (χ4n) is 3.24. The Morgan fingerprint density at radius 1 is 1.10 bits per heavy atom. The van der Waals surface area contributed by atoms with Gasteiger partial charge in [0.2, 0.25) is 0 Å². The Balaban J connectivity index is 0.00000320. The van der Waals surface area contributed by atoms with Crippen LogP contribution in [0.15, 0.2) is 53.5 Å². The van der Waals surface area contributed by atoms with Crippen molar-refractivity contribution < 1.29 is 9.47 Å². The zero-order valence-corrected chi connectivity index (χ0v) is 20.4. The van der Waals surface area contributed by atoms with E-state index in [-0.39, 0.29) is 30.1 Å². The fourth-order valence-corrected chi connectivity index (χ4v) is 3.24. The maximum atomic E-state index is 6.01. The second-order valence-electron chi connectivity index (χ2n) is 7.27. The lowest BCUT2D eigenvalue weighted by Crippen LogP contribution is -2.41. The molecule has 0 aromatic heterocycles. The van der Waals surface area contributed by atoms with E-state index in [2.05, 4.69) is 64.7 Å². The Morgan fingerprint density at radius 2 is 1.80 bits per heavy atom. The third kappa shape index (κ3) is 7.36. The first-order valence-corrected chi connectivity index (χ1v) is 10.2. The Labute approximate surface area is 197 Å². The van der Waals surface area contributed by atoms with Gasteiger partial charge in [-0.3, -0.25) is 4.99 Å². The lowest BCUT2D eigenvalue weighted by atomic mass is 10.2. The predicted molar refractivity (Wildman–Crippen MR) is 134 cm³/mol. The van der Waals surface area contributed by atoms with Gasteiger partial charge in [-0.05, 0) is 43.2 Å². The summed E-state index contributed by atoms with van der Waals surface area (Å²) in [6.45, 7) is 9.01. The molecule has 1 heterocycles. The SMILES string of the molecule is CN=C(NCc1ccc(N2CCOCC2)cc1)NCC(C)Oc1ccccc1C.I. The monoisotopic (exact) mass is 524 g/mol. The van der Waals surface area contributed by atoms with Crippen LogP contribution in [0.1, 0.15) is 18.1 Å². The summed E-state index contributed by atoms with van der Waals surface area (Å²) in [5.41, 5.74) is 3.61. The van der Waals surface area contributed by atoms with Gasteiger partial charge in [-0.1, -0.05) is 30.3 Å². The van der Waals surface area contributed by atoms with Gasteiger partial charge in [0.15, 0.2) is 5.96 Å². The van der Waals surface area contributed by atoms with E-state index < -0.39 is 0 Å². The van der Waals surface area contributed by atoms with Crippen molar-refractivity contribution in [1.29, 1.82) is 0 Å². The van der Waals surface area contributed by atoms with E-state index in [0.29, 0.717) is 6.54 Å². The van der Waals surface area contributed by atoms with Crippen molar-refractivity contribution in [1.82, 2.24) is 10.6 Å². The van der Waals surface area contributed by atoms with Gasteiger partial charge in [0.25, 0.3) is 0 Å². The highest BCUT2D eigenvalue weighted by molar-refractivity contribution is 14.0. The van der Waals surface area contributed by atoms with Crippen LogP contribution in [0.4, 0.5) is 5.69 Å². The molecule has 0 aliphatic carbocycles. The van der Waals surface area contributed by atoms with E-state index in [9.17, 15) is 0 Å². The molecular weight excluding hydrogens is 491 g/mol. The quantitative estimate of drug-likeness (QED) is 0.330. The molecular formula is C23H33IN4O2. The van der Waals surface area contributed by atoms with Gasteiger partial charge in [-0.15, -0.1) is 24.0 Å². The highest BCUT2D eigenvalue weighted by atomic mass is 127. The molecule has 1 saturated heterocycles. The fraction of sp³-hybridized carbons (Fsp3) is 0.435. The number of rotatable bonds is 7. The number of aliphatic imine (C=N–C) groups is 1. The summed E-state index contributed by atoms with van der Waals surface area (Å²) in [6, 6.07) is 16.7. The van der Waals surface area contributed by atoms with E-state index in [1.807, 2.05) is 18.2 Å². The molecule has 1 atom stereocenters. The van der Waals surface area contributed by atoms with E-state index >= 15 is 0 Å². The van der Waals surface area contributed by atoms with Crippen LogP contribution < -0.4 is 20.3 Å². The molecule has 2 aromatic rings. The number of guanidine groups is 1. The third-order valence-electron chi connectivity index (χ3n) is 4.97. The first kappa shape index (κ1) is 24.3. The average molecular weight is 524 g/mol. The number of aryl methyl sites for hydroxylation is 1. The maximum Gasteiger partial charge on any atom is 0.191 e. The molecule has 0 saturated carbocycles. The number of nitrogens with zero attached hydrogens (tertiary/aromatic N) is 2. The van der Waals surface area contributed by atoms with Crippen molar-refractivity contribution in [3.8, 4) is 5.75 Å². The van der Waals surface area contributed by atoms with Gasteiger partial charge < -0.3 is 25.0 Å². The summed E-state index contributed by atoms with van der Waals surface area (Å²) in [5.74, 6) is 1.69. The lowest BCUT2D eigenvalue weighted by molar-refractivity contribution is 0.122. The minimum absolute atomic E-state index is 0. The summed E-state index contributed by atoms with van der Waals surface area (Å²) in [4.78, 5) is 6.67. The number of morpholine rings is 1. The van der Waals surface area contributed by atoms with Gasteiger partial charge in [0, 0.05) is 32.4 Å². The summed E-state index contributed by atoms with van der Waals surface area (Å²) in [6.07, 6.45) is 0.0301. The van der Waals surface area contributed by atoms with E-state index in [0.717, 1.165) is 50.1 Å². The number of para-hydroxylation sites is 1. The lowest BCUT2D eigenvalue weighted by Gasteiger charge is -2.29. The Bertz CT molecular complexity index is 792. The van der Waals surface area contributed by atoms with Gasteiger partial charge in [-0.2, -0.15) is 0 Å². The molecule has 0 amide bonds. The number of benzene rings is 2. The van der Waals surface area contributed by atoms with Crippen LogP contribution in [0.2, 0.25) is 0 Å². The molecule has 164 valence electrons. The molecule has 1 aliphatic heterocycles. The largest absolute Gasteiger partial charge is 0.489 e. The molecule has 6 nitrogen and oxygen atoms in total. The Morgan fingerprint density at radius 3 is 2.47 bits per heavy atom. The minimum Gasteiger partial charge on any atom is -0.489 e. The second kappa shape index (κ2) is 12.6. The molecule has 2 N–H and O–H groups in total. The summed E-state index contributed by atoms with van der Waals surface area (Å²) in [7, 11) is 1.78. The Hall–Kier alpha value is -2.00. The van der Waals surface area contributed by atoms with Gasteiger partial charge >= 0.3 is 0 Å². The molecule has 0 bridgehead atoms. The minimum atomic E-state index is 0. The molecule has 0 radical (unpaired) electrons. The second-order valence-corrected chi connectivity index (χ2v) is 7.27. The van der Waals surface area contributed by atoms with Gasteiger partial charge in [0.1, 0.15) is 11.9 Å². The number of nitrogens with one attached hydrogen (secondary N) is 2. The predicted octanol–water partition coefficient (Wildman–Crippen LogP) is 3.58. The van der Waals surface area contributed by atoms with E-state index in [4.69, 9.17) is 9.47 Å². The van der Waals surface area contributed by atoms with Crippen molar-refractivity contribution >= 4 is 35.6 Å². The zero-order valence-electron chi connectivity index (χ0n) is 18.1. The van der Waals surface area contributed by atoms with Crippen LogP contribution in [0.25, 0.3) is 0 Å². The van der Waals surface area contributed by atoms with E-state index in [1.165, 1.54) is 11.3 Å². The van der Waals surface area contributed by atoms with Gasteiger partial charge in [-0.25, -0.2) is 0 Å². The molecule has 0 spiro atoms. The number of hydrogen-bond acceptors (Lipinski definition) is 4. The molecule has 1 aliphatic rings. The molecule has 7 heteroatoms. The smallest absolute Gasteiger partial charge is 0.191 e. The van der Waals surface area contributed by atoms with Crippen molar-refractivity contribution in [2.75, 3.05) is 44.8 Å². The van der Waals surface area contributed by atoms with E-state index in [1.54, 1.807) is 7.05 Å². The highest BCUT2D eigenvalue weighted by Crippen LogP contribution is 2.18. The Kier molecular flexibility index (Phi) is 10.2. The molecule has 1 fully saturated rings. The van der Waals surface area contributed by atoms with Crippen molar-refractivity contribution in [3.63, 3.8) is 0 Å². The first-order valence-electron chi connectivity index (χ1n) is 10.2. The van der Waals surface area contributed by atoms with Crippen LogP contribution in [0, 0.1) is 6.92 Å². The van der Waals surface area contributed by atoms with Gasteiger partial charge in [0.05, 0.1) is 19.8 Å². The van der Waals surface area contributed by atoms with Crippen molar-refractivity contribution in [3.05, 3.63) is 59.7 Å². The van der Waals surface area contributed by atoms with Crippen LogP contribution in [0.5, 0.6) is 5.75 Å². The first-order chi connectivity index (χ1) is 14.2. The zero-order chi connectivity index (χ0) is 20.5. The van der Waals surface area contributed by atoms with Crippen molar-refractivity contribution in [2.45, 2.75) is 26.5 Å². The molecule has 1 unspecified atom stereocenters. The number of halogens is 1. The highest BCUT2D eigenvalue weighted by Gasteiger charge is 2.11. The third-order valence-corrected chi connectivity index (χ3v) is 4.97. The summed E-state index contributed by atoms with van der Waals surface area (Å²) < 4.78 is 11.4. The normalized spacial score (nSPS) is 15.2. The number of ether oxygens (including phenoxy) is 2. The molecule has 2 aromatic carbocycles. The maximum absolute atomic E-state index is 6.01. The van der Waals surface area contributed by atoms with Crippen LogP contribution in [-0.2, 0) is 11.3 Å². The topological polar surface area (TPSA) is 58.1 Å². The molecule has 3 rings (SSSR count). The number of anilines is 1. The standard InChI is InChI=1S/C23H32N4O2.HI/c1-18-6-4-5-7-22(18)29-19(2)16-25-23(24-3)26-17-20-8-10-21(11-9-20)27-12-14-28-15-13-27;/h4-11,19H,12-17H2,1-3H3,(H2,24,25,26);1H. The van der Waals surface area contributed by atoms with Crippen LogP contribution >= 0.6 is 24.0 Å². The van der Waals surface area contributed by atoms with Crippen molar-refractivity contribution in [2.24, 2.45) is 4.99 Å². The van der Waals surface area contributed by atoms with Crippen LogP contribution in [-0.4, -0.2) is 52.0 Å². The van der Waals surface area contributed by atoms with Crippen LogP contribution in [0.3, 0.4) is 0 Å². The molecule has 30 heavy (non-hydrogen) atoms. The average Bonchev–Trinajstić information content (AvgIpc) is 2.76. The summed E-state index contributed by atoms with van der Waals surface area (Å²) in [5, 5.41) is 6.70.